The van der Waals surface area contributed by atoms with Crippen LogP contribution in [0.25, 0.3) is 0 Å². The molecule has 2 aromatic rings. The zero-order valence-electron chi connectivity index (χ0n) is 12.6. The Hall–Kier alpha value is -2.64. The van der Waals surface area contributed by atoms with Gasteiger partial charge in [-0.15, -0.1) is 10.2 Å². The predicted octanol–water partition coefficient (Wildman–Crippen LogP) is 0.649. The van der Waals surface area contributed by atoms with Crippen molar-refractivity contribution >= 4 is 11.8 Å². The van der Waals surface area contributed by atoms with Crippen molar-refractivity contribution in [3.05, 3.63) is 35.8 Å². The van der Waals surface area contributed by atoms with Gasteiger partial charge in [0.25, 0.3) is 5.91 Å². The van der Waals surface area contributed by atoms with Crippen LogP contribution in [0.2, 0.25) is 0 Å². The Kier molecular flexibility index (Phi) is 3.36. The topological polar surface area (TPSA) is 84.5 Å². The van der Waals surface area contributed by atoms with Crippen molar-refractivity contribution in [2.24, 2.45) is 0 Å². The second-order valence-corrected chi connectivity index (χ2v) is 5.84. The summed E-state index contributed by atoms with van der Waals surface area (Å²) in [5, 5.41) is 8.41. The average Bonchev–Trinajstić information content (AvgIpc) is 3.29. The molecule has 0 spiro atoms. The van der Waals surface area contributed by atoms with Gasteiger partial charge in [0.05, 0.1) is 24.9 Å². The molecular weight excluding hydrogens is 298 g/mol. The molecule has 8 heteroatoms. The quantitative estimate of drug-likeness (QED) is 0.830. The number of amides is 2. The van der Waals surface area contributed by atoms with Crippen LogP contribution >= 0.6 is 0 Å². The lowest BCUT2D eigenvalue weighted by atomic mass is 10.2. The summed E-state index contributed by atoms with van der Waals surface area (Å²) in [6.45, 7) is 2.94. The van der Waals surface area contributed by atoms with Gasteiger partial charge in [-0.05, 0) is 12.5 Å². The number of nitrogens with zero attached hydrogens (tertiary/aromatic N) is 5. The van der Waals surface area contributed by atoms with Crippen LogP contribution in [-0.4, -0.2) is 49.5 Å². The van der Waals surface area contributed by atoms with Gasteiger partial charge in [0, 0.05) is 26.1 Å². The molecule has 0 aromatic carbocycles. The standard InChI is InChI=1S/C15H17N5O3/c21-14-2-1-4-18(14)8-12-16-17-13-9-19(5-6-20(12)13)15(22)11-3-7-23-10-11/h3,7,10H,1-2,4-6,8-9H2. The summed E-state index contributed by atoms with van der Waals surface area (Å²) in [6.07, 6.45) is 4.47. The van der Waals surface area contributed by atoms with E-state index >= 15 is 0 Å². The summed E-state index contributed by atoms with van der Waals surface area (Å²) < 4.78 is 6.98. The number of furan rings is 1. The number of carbonyl (C=O) groups excluding carboxylic acids is 2. The van der Waals surface area contributed by atoms with Crippen molar-refractivity contribution in [1.29, 1.82) is 0 Å². The fourth-order valence-electron chi connectivity index (χ4n) is 3.12. The molecule has 0 atom stereocenters. The van der Waals surface area contributed by atoms with E-state index in [-0.39, 0.29) is 11.8 Å². The molecule has 0 bridgehead atoms. The SMILES string of the molecule is O=C1CCCN1Cc1nnc2n1CCN(C(=O)c1ccoc1)C2. The van der Waals surface area contributed by atoms with E-state index in [1.807, 2.05) is 9.47 Å². The highest BCUT2D eigenvalue weighted by atomic mass is 16.3. The molecule has 0 aliphatic carbocycles. The first kappa shape index (κ1) is 14.0. The third-order valence-corrected chi connectivity index (χ3v) is 4.39. The number of rotatable bonds is 3. The zero-order chi connectivity index (χ0) is 15.8. The largest absolute Gasteiger partial charge is 0.472 e. The van der Waals surface area contributed by atoms with Gasteiger partial charge in [0.2, 0.25) is 5.91 Å². The average molecular weight is 315 g/mol. The lowest BCUT2D eigenvalue weighted by molar-refractivity contribution is -0.128. The minimum absolute atomic E-state index is 0.0655. The van der Waals surface area contributed by atoms with E-state index in [4.69, 9.17) is 4.42 Å². The molecule has 0 saturated carbocycles. The number of fused-ring (bicyclic) bond motifs is 1. The maximum absolute atomic E-state index is 12.4. The molecule has 0 N–H and O–H groups in total. The number of hydrogen-bond donors (Lipinski definition) is 0. The summed E-state index contributed by atoms with van der Waals surface area (Å²) in [4.78, 5) is 27.7. The van der Waals surface area contributed by atoms with Gasteiger partial charge in [0.1, 0.15) is 6.26 Å². The highest BCUT2D eigenvalue weighted by Crippen LogP contribution is 2.18. The summed E-state index contributed by atoms with van der Waals surface area (Å²) >= 11 is 0. The highest BCUT2D eigenvalue weighted by molar-refractivity contribution is 5.93. The molecule has 2 aliphatic rings. The Morgan fingerprint density at radius 1 is 1.26 bits per heavy atom. The fraction of sp³-hybridized carbons (Fsp3) is 0.467. The van der Waals surface area contributed by atoms with Crippen LogP contribution in [0, 0.1) is 0 Å². The molecular formula is C15H17N5O3. The molecule has 1 saturated heterocycles. The number of carbonyl (C=O) groups is 2. The van der Waals surface area contributed by atoms with Crippen molar-refractivity contribution in [2.45, 2.75) is 32.5 Å². The maximum atomic E-state index is 12.4. The minimum atomic E-state index is -0.0655. The Bertz CT molecular complexity index is 736. The van der Waals surface area contributed by atoms with Crippen molar-refractivity contribution < 1.29 is 14.0 Å². The molecule has 2 aliphatic heterocycles. The third kappa shape index (κ3) is 2.49. The van der Waals surface area contributed by atoms with Gasteiger partial charge < -0.3 is 18.8 Å². The Morgan fingerprint density at radius 2 is 2.17 bits per heavy atom. The maximum Gasteiger partial charge on any atom is 0.257 e. The first-order valence-electron chi connectivity index (χ1n) is 7.72. The summed E-state index contributed by atoms with van der Waals surface area (Å²) in [7, 11) is 0. The second kappa shape index (κ2) is 5.53. The van der Waals surface area contributed by atoms with Gasteiger partial charge in [-0.1, -0.05) is 0 Å². The summed E-state index contributed by atoms with van der Waals surface area (Å²) in [5.74, 6) is 1.67. The number of hydrogen-bond acceptors (Lipinski definition) is 5. The van der Waals surface area contributed by atoms with Crippen LogP contribution in [0.4, 0.5) is 0 Å². The lowest BCUT2D eigenvalue weighted by Crippen LogP contribution is -2.39. The number of likely N-dealkylation sites (tertiary alicyclic amines) is 1. The first-order chi connectivity index (χ1) is 11.2. The number of aromatic nitrogens is 3. The molecule has 4 heterocycles. The normalized spacial score (nSPS) is 17.7. The Labute approximate surface area is 132 Å². The molecule has 120 valence electrons. The van der Waals surface area contributed by atoms with Gasteiger partial charge in [-0.2, -0.15) is 0 Å². The van der Waals surface area contributed by atoms with E-state index in [0.29, 0.717) is 38.2 Å². The van der Waals surface area contributed by atoms with Gasteiger partial charge in [-0.3, -0.25) is 9.59 Å². The van der Waals surface area contributed by atoms with E-state index in [9.17, 15) is 9.59 Å². The fourth-order valence-corrected chi connectivity index (χ4v) is 3.12. The van der Waals surface area contributed by atoms with E-state index in [1.165, 1.54) is 12.5 Å². The zero-order valence-corrected chi connectivity index (χ0v) is 12.6. The van der Waals surface area contributed by atoms with Gasteiger partial charge in [-0.25, -0.2) is 0 Å². The van der Waals surface area contributed by atoms with Crippen LogP contribution < -0.4 is 0 Å². The highest BCUT2D eigenvalue weighted by Gasteiger charge is 2.28. The van der Waals surface area contributed by atoms with Crippen molar-refractivity contribution in [2.75, 3.05) is 13.1 Å². The smallest absolute Gasteiger partial charge is 0.257 e. The van der Waals surface area contributed by atoms with Gasteiger partial charge >= 0.3 is 0 Å². The van der Waals surface area contributed by atoms with Crippen LogP contribution in [0.3, 0.4) is 0 Å². The molecule has 1 fully saturated rings. The van der Waals surface area contributed by atoms with E-state index in [0.717, 1.165) is 24.6 Å². The molecule has 23 heavy (non-hydrogen) atoms. The predicted molar refractivity (Wildman–Crippen MR) is 78.1 cm³/mol. The van der Waals surface area contributed by atoms with Crippen LogP contribution in [0.5, 0.6) is 0 Å². The van der Waals surface area contributed by atoms with Gasteiger partial charge in [0.15, 0.2) is 11.6 Å². The molecule has 4 rings (SSSR count). The minimum Gasteiger partial charge on any atom is -0.472 e. The Morgan fingerprint density at radius 3 is 2.91 bits per heavy atom. The molecule has 2 amide bonds. The molecule has 2 aromatic heterocycles. The monoisotopic (exact) mass is 315 g/mol. The van der Waals surface area contributed by atoms with Crippen LogP contribution in [0.1, 0.15) is 34.8 Å². The summed E-state index contributed by atoms with van der Waals surface area (Å²) in [5.41, 5.74) is 0.542. The third-order valence-electron chi connectivity index (χ3n) is 4.39. The second-order valence-electron chi connectivity index (χ2n) is 5.84. The molecule has 0 radical (unpaired) electrons. The van der Waals surface area contributed by atoms with E-state index < -0.39 is 0 Å². The van der Waals surface area contributed by atoms with Crippen molar-refractivity contribution in [3.63, 3.8) is 0 Å². The lowest BCUT2D eigenvalue weighted by Gasteiger charge is -2.28. The summed E-state index contributed by atoms with van der Waals surface area (Å²) in [6, 6.07) is 1.66. The molecule has 0 unspecified atom stereocenters. The van der Waals surface area contributed by atoms with Crippen LogP contribution in [0.15, 0.2) is 23.0 Å². The van der Waals surface area contributed by atoms with Crippen molar-refractivity contribution in [3.8, 4) is 0 Å². The van der Waals surface area contributed by atoms with E-state index in [1.54, 1.807) is 11.0 Å². The molecule has 8 nitrogen and oxygen atoms in total. The van der Waals surface area contributed by atoms with Crippen LogP contribution in [-0.2, 0) is 24.4 Å². The first-order valence-corrected chi connectivity index (χ1v) is 7.72. The Balaban J connectivity index is 1.49. The van der Waals surface area contributed by atoms with Crippen molar-refractivity contribution in [1.82, 2.24) is 24.6 Å². The van der Waals surface area contributed by atoms with E-state index in [2.05, 4.69) is 10.2 Å².